The van der Waals surface area contributed by atoms with Crippen molar-refractivity contribution in [2.24, 2.45) is 5.73 Å². The molecule has 0 aromatic rings. The van der Waals surface area contributed by atoms with E-state index in [1.165, 1.54) is 0 Å². The Morgan fingerprint density at radius 3 is 1.44 bits per heavy atom. The van der Waals surface area contributed by atoms with E-state index in [9.17, 15) is 0 Å². The molecule has 2 N–H and O–H groups in total. The van der Waals surface area contributed by atoms with Gasteiger partial charge in [-0.05, 0) is 42.0 Å². The van der Waals surface area contributed by atoms with E-state index in [4.69, 9.17) is 5.73 Å². The smallest absolute Gasteiger partial charge is 0.0226 e. The Balaban J connectivity index is 4.05. The van der Waals surface area contributed by atoms with Gasteiger partial charge in [-0.25, -0.2) is 0 Å². The highest BCUT2D eigenvalue weighted by Gasteiger charge is 2.16. The molecule has 0 heterocycles. The molecule has 4 heteroatoms. The lowest BCUT2D eigenvalue weighted by Crippen LogP contribution is -2.48. The van der Waals surface area contributed by atoms with Crippen molar-refractivity contribution in [3.8, 4) is 0 Å². The minimum atomic E-state index is -0.112. The van der Waals surface area contributed by atoms with Gasteiger partial charge in [0.25, 0.3) is 0 Å². The Bertz CT molecular complexity index is 160. The lowest BCUT2D eigenvalue weighted by molar-refractivity contribution is 0.188. The third kappa shape index (κ3) is 10.4. The summed E-state index contributed by atoms with van der Waals surface area (Å²) in [5.41, 5.74) is 5.97. The Hall–Kier alpha value is -0.160. The highest BCUT2D eigenvalue weighted by molar-refractivity contribution is 4.78. The largest absolute Gasteiger partial charge is 0.324 e. The molecule has 0 atom stereocenters. The summed E-state index contributed by atoms with van der Waals surface area (Å²) in [5, 5.41) is 0. The normalized spacial score (nSPS) is 13.1. The standard InChI is InChI=1S/C12H30N4/c1-12(2,13)11-16(9-7-14(3)4)10-8-15(5)6/h7-11,13H2,1-6H3. The van der Waals surface area contributed by atoms with Crippen LogP contribution < -0.4 is 5.73 Å². The summed E-state index contributed by atoms with van der Waals surface area (Å²) in [6.45, 7) is 9.47. The molecule has 0 radical (unpaired) electrons. The van der Waals surface area contributed by atoms with Crippen molar-refractivity contribution < 1.29 is 0 Å². The number of hydrogen-bond donors (Lipinski definition) is 1. The number of hydrogen-bond acceptors (Lipinski definition) is 4. The van der Waals surface area contributed by atoms with Crippen LogP contribution in [0.15, 0.2) is 0 Å². The van der Waals surface area contributed by atoms with Crippen molar-refractivity contribution in [3.63, 3.8) is 0 Å². The van der Waals surface area contributed by atoms with Crippen LogP contribution in [0.4, 0.5) is 0 Å². The summed E-state index contributed by atoms with van der Waals surface area (Å²) in [7, 11) is 8.44. The topological polar surface area (TPSA) is 35.7 Å². The second-order valence-electron chi connectivity index (χ2n) is 5.87. The molecular weight excluding hydrogens is 200 g/mol. The van der Waals surface area contributed by atoms with Gasteiger partial charge in [-0.3, -0.25) is 4.90 Å². The molecule has 0 rings (SSSR count). The average Bonchev–Trinajstić information content (AvgIpc) is 2.07. The summed E-state index contributed by atoms with van der Waals surface area (Å²) in [4.78, 5) is 6.87. The predicted octanol–water partition coefficient (Wildman–Crippen LogP) is 0.149. The molecule has 0 aliphatic rings. The Labute approximate surface area is 101 Å². The van der Waals surface area contributed by atoms with Crippen molar-refractivity contribution in [1.82, 2.24) is 14.7 Å². The lowest BCUT2D eigenvalue weighted by Gasteiger charge is -2.31. The Morgan fingerprint density at radius 2 is 1.19 bits per heavy atom. The molecule has 0 saturated carbocycles. The zero-order valence-corrected chi connectivity index (χ0v) is 12.0. The minimum absolute atomic E-state index is 0.112. The maximum absolute atomic E-state index is 6.08. The van der Waals surface area contributed by atoms with Gasteiger partial charge in [-0.15, -0.1) is 0 Å². The summed E-state index contributed by atoms with van der Waals surface area (Å²) in [6.07, 6.45) is 0. The lowest BCUT2D eigenvalue weighted by atomic mass is 10.1. The van der Waals surface area contributed by atoms with Crippen LogP contribution in [-0.2, 0) is 0 Å². The van der Waals surface area contributed by atoms with Crippen LogP contribution in [0, 0.1) is 0 Å². The van der Waals surface area contributed by atoms with Crippen molar-refractivity contribution in [1.29, 1.82) is 0 Å². The van der Waals surface area contributed by atoms with Gasteiger partial charge in [-0.1, -0.05) is 0 Å². The van der Waals surface area contributed by atoms with Gasteiger partial charge >= 0.3 is 0 Å². The predicted molar refractivity (Wildman–Crippen MR) is 71.8 cm³/mol. The van der Waals surface area contributed by atoms with Crippen LogP contribution >= 0.6 is 0 Å². The van der Waals surface area contributed by atoms with Crippen molar-refractivity contribution in [3.05, 3.63) is 0 Å². The van der Waals surface area contributed by atoms with Gasteiger partial charge in [-0.2, -0.15) is 0 Å². The first-order chi connectivity index (χ1) is 7.20. The van der Waals surface area contributed by atoms with E-state index in [0.29, 0.717) is 0 Å². The fraction of sp³-hybridized carbons (Fsp3) is 1.00. The van der Waals surface area contributed by atoms with Gasteiger partial charge in [0.1, 0.15) is 0 Å². The zero-order chi connectivity index (χ0) is 12.8. The molecule has 0 fully saturated rings. The quantitative estimate of drug-likeness (QED) is 0.644. The van der Waals surface area contributed by atoms with Crippen LogP contribution in [0.5, 0.6) is 0 Å². The first-order valence-electron chi connectivity index (χ1n) is 6.01. The second-order valence-corrected chi connectivity index (χ2v) is 5.87. The number of nitrogens with zero attached hydrogens (tertiary/aromatic N) is 3. The van der Waals surface area contributed by atoms with Gasteiger partial charge in [0, 0.05) is 38.3 Å². The summed E-state index contributed by atoms with van der Waals surface area (Å²) < 4.78 is 0. The number of likely N-dealkylation sites (N-methyl/N-ethyl adjacent to an activating group) is 2. The molecule has 4 nitrogen and oxygen atoms in total. The molecular formula is C12H30N4. The molecule has 0 unspecified atom stereocenters. The fourth-order valence-electron chi connectivity index (χ4n) is 1.53. The number of nitrogens with two attached hydrogens (primary N) is 1. The third-order valence-electron chi connectivity index (χ3n) is 2.36. The van der Waals surface area contributed by atoms with E-state index in [0.717, 1.165) is 32.7 Å². The molecule has 0 spiro atoms. The van der Waals surface area contributed by atoms with E-state index < -0.39 is 0 Å². The highest BCUT2D eigenvalue weighted by Crippen LogP contribution is 2.01. The van der Waals surface area contributed by atoms with E-state index in [1.807, 2.05) is 0 Å². The Morgan fingerprint density at radius 1 is 0.812 bits per heavy atom. The summed E-state index contributed by atoms with van der Waals surface area (Å²) in [6, 6.07) is 0. The molecule has 0 aliphatic heterocycles. The van der Waals surface area contributed by atoms with E-state index in [-0.39, 0.29) is 5.54 Å². The van der Waals surface area contributed by atoms with E-state index >= 15 is 0 Å². The molecule has 0 amide bonds. The van der Waals surface area contributed by atoms with Crippen molar-refractivity contribution in [2.45, 2.75) is 19.4 Å². The minimum Gasteiger partial charge on any atom is -0.324 e. The van der Waals surface area contributed by atoms with Crippen LogP contribution in [0.3, 0.4) is 0 Å². The monoisotopic (exact) mass is 230 g/mol. The van der Waals surface area contributed by atoms with Crippen LogP contribution in [0.2, 0.25) is 0 Å². The zero-order valence-electron chi connectivity index (χ0n) is 12.0. The maximum Gasteiger partial charge on any atom is 0.0226 e. The first-order valence-corrected chi connectivity index (χ1v) is 6.01. The molecule has 0 aromatic heterocycles. The van der Waals surface area contributed by atoms with Crippen LogP contribution in [-0.4, -0.2) is 81.2 Å². The van der Waals surface area contributed by atoms with E-state index in [1.54, 1.807) is 0 Å². The molecule has 0 bridgehead atoms. The fourth-order valence-corrected chi connectivity index (χ4v) is 1.53. The van der Waals surface area contributed by atoms with Gasteiger partial charge in [0.05, 0.1) is 0 Å². The highest BCUT2D eigenvalue weighted by atomic mass is 15.2. The summed E-state index contributed by atoms with van der Waals surface area (Å²) >= 11 is 0. The summed E-state index contributed by atoms with van der Waals surface area (Å²) in [5.74, 6) is 0. The molecule has 98 valence electrons. The molecule has 0 aromatic carbocycles. The average molecular weight is 230 g/mol. The van der Waals surface area contributed by atoms with E-state index in [2.05, 4.69) is 56.7 Å². The SMILES string of the molecule is CN(C)CCN(CCN(C)C)CC(C)(C)N. The molecule has 0 aliphatic carbocycles. The van der Waals surface area contributed by atoms with Gasteiger partial charge in [0.15, 0.2) is 0 Å². The van der Waals surface area contributed by atoms with Gasteiger partial charge in [0.2, 0.25) is 0 Å². The first kappa shape index (κ1) is 15.8. The number of rotatable bonds is 8. The van der Waals surface area contributed by atoms with Crippen LogP contribution in [0.25, 0.3) is 0 Å². The van der Waals surface area contributed by atoms with Gasteiger partial charge < -0.3 is 15.5 Å². The second kappa shape index (κ2) is 7.22. The van der Waals surface area contributed by atoms with Crippen molar-refractivity contribution >= 4 is 0 Å². The van der Waals surface area contributed by atoms with Crippen LogP contribution in [0.1, 0.15) is 13.8 Å². The maximum atomic E-state index is 6.08. The molecule has 16 heavy (non-hydrogen) atoms. The molecule has 0 saturated heterocycles. The Kier molecular flexibility index (Phi) is 7.15. The third-order valence-corrected chi connectivity index (χ3v) is 2.36. The van der Waals surface area contributed by atoms with Crippen molar-refractivity contribution in [2.75, 3.05) is 60.9 Å².